The minimum Gasteiger partial charge on any atom is -0.375 e. The van der Waals surface area contributed by atoms with Crippen molar-refractivity contribution in [1.29, 1.82) is 0 Å². The number of hydrogen-bond donors (Lipinski definition) is 0. The monoisotopic (exact) mass is 363 g/mol. The van der Waals surface area contributed by atoms with E-state index < -0.39 is 0 Å². The SMILES string of the molecule is C=CC(CC[CH][C@@H](C)OC1CCCCCCC1)OC1CCCCCCC1. The van der Waals surface area contributed by atoms with Crippen molar-refractivity contribution in [3.63, 3.8) is 0 Å². The van der Waals surface area contributed by atoms with Crippen LogP contribution >= 0.6 is 0 Å². The van der Waals surface area contributed by atoms with E-state index >= 15 is 0 Å². The van der Waals surface area contributed by atoms with Gasteiger partial charge < -0.3 is 9.47 Å². The molecular weight excluding hydrogens is 320 g/mol. The maximum absolute atomic E-state index is 6.36. The molecule has 1 radical (unpaired) electrons. The van der Waals surface area contributed by atoms with Crippen molar-refractivity contribution in [2.45, 2.75) is 134 Å². The lowest BCUT2D eigenvalue weighted by Gasteiger charge is -2.26. The summed E-state index contributed by atoms with van der Waals surface area (Å²) in [6.45, 7) is 6.21. The van der Waals surface area contributed by atoms with Gasteiger partial charge in [-0.25, -0.2) is 0 Å². The summed E-state index contributed by atoms with van der Waals surface area (Å²) in [4.78, 5) is 0. The zero-order chi connectivity index (χ0) is 18.5. The van der Waals surface area contributed by atoms with E-state index in [9.17, 15) is 0 Å². The molecule has 0 aromatic rings. The van der Waals surface area contributed by atoms with E-state index in [0.29, 0.717) is 12.2 Å². The van der Waals surface area contributed by atoms with E-state index in [1.54, 1.807) is 0 Å². The van der Waals surface area contributed by atoms with Crippen LogP contribution in [-0.4, -0.2) is 24.4 Å². The van der Waals surface area contributed by atoms with Gasteiger partial charge in [-0.05, 0) is 51.9 Å². The molecule has 0 saturated heterocycles. The molecule has 0 aromatic heterocycles. The zero-order valence-electron chi connectivity index (χ0n) is 17.3. The summed E-state index contributed by atoms with van der Waals surface area (Å²) in [6.07, 6.45) is 26.5. The summed E-state index contributed by atoms with van der Waals surface area (Å²) < 4.78 is 12.7. The van der Waals surface area contributed by atoms with Crippen molar-refractivity contribution in [2.75, 3.05) is 0 Å². The van der Waals surface area contributed by atoms with Crippen LogP contribution in [0.25, 0.3) is 0 Å². The molecule has 0 N–H and O–H groups in total. The van der Waals surface area contributed by atoms with Gasteiger partial charge in [0, 0.05) is 0 Å². The second kappa shape index (κ2) is 13.8. The molecule has 151 valence electrons. The van der Waals surface area contributed by atoms with E-state index in [-0.39, 0.29) is 12.2 Å². The molecule has 0 aromatic carbocycles. The molecule has 2 fully saturated rings. The largest absolute Gasteiger partial charge is 0.375 e. The van der Waals surface area contributed by atoms with Crippen LogP contribution in [0.4, 0.5) is 0 Å². The summed E-state index contributed by atoms with van der Waals surface area (Å²) >= 11 is 0. The highest BCUT2D eigenvalue weighted by Gasteiger charge is 2.18. The van der Waals surface area contributed by atoms with E-state index in [1.807, 2.05) is 6.08 Å². The Morgan fingerprint density at radius 3 is 1.73 bits per heavy atom. The Bertz CT molecular complexity index is 338. The fraction of sp³-hybridized carbons (Fsp3) is 0.875. The topological polar surface area (TPSA) is 18.5 Å². The Kier molecular flexibility index (Phi) is 11.6. The van der Waals surface area contributed by atoms with Crippen LogP contribution < -0.4 is 0 Å². The Morgan fingerprint density at radius 2 is 1.23 bits per heavy atom. The normalized spacial score (nSPS) is 24.0. The first kappa shape index (κ1) is 22.0. The van der Waals surface area contributed by atoms with Gasteiger partial charge in [-0.15, -0.1) is 6.58 Å². The molecule has 0 amide bonds. The molecule has 0 bridgehead atoms. The molecule has 2 rings (SSSR count). The summed E-state index contributed by atoms with van der Waals surface area (Å²) in [7, 11) is 0. The third-order valence-corrected chi connectivity index (χ3v) is 6.09. The van der Waals surface area contributed by atoms with Gasteiger partial charge in [0.25, 0.3) is 0 Å². The van der Waals surface area contributed by atoms with Gasteiger partial charge in [-0.2, -0.15) is 0 Å². The highest BCUT2D eigenvalue weighted by atomic mass is 16.5. The van der Waals surface area contributed by atoms with Crippen molar-refractivity contribution in [1.82, 2.24) is 0 Å². The van der Waals surface area contributed by atoms with Crippen LogP contribution in [0, 0.1) is 6.42 Å². The smallest absolute Gasteiger partial charge is 0.0757 e. The Hall–Kier alpha value is -0.340. The molecule has 0 aliphatic heterocycles. The molecule has 0 spiro atoms. The van der Waals surface area contributed by atoms with Gasteiger partial charge in [-0.3, -0.25) is 0 Å². The second-order valence-corrected chi connectivity index (χ2v) is 8.50. The quantitative estimate of drug-likeness (QED) is 0.404. The maximum Gasteiger partial charge on any atom is 0.0757 e. The number of rotatable bonds is 9. The highest BCUT2D eigenvalue weighted by molar-refractivity contribution is 4.85. The fourth-order valence-electron chi connectivity index (χ4n) is 4.45. The average molecular weight is 364 g/mol. The van der Waals surface area contributed by atoms with Gasteiger partial charge in [0.05, 0.1) is 24.4 Å². The minimum atomic E-state index is 0.198. The van der Waals surface area contributed by atoms with E-state index in [0.717, 1.165) is 12.8 Å². The lowest BCUT2D eigenvalue weighted by molar-refractivity contribution is -0.0117. The molecule has 1 unspecified atom stereocenters. The first-order valence-electron chi connectivity index (χ1n) is 11.5. The van der Waals surface area contributed by atoms with Gasteiger partial charge in [0.1, 0.15) is 0 Å². The van der Waals surface area contributed by atoms with Crippen LogP contribution in [-0.2, 0) is 9.47 Å². The third kappa shape index (κ3) is 9.55. The summed E-state index contributed by atoms with van der Waals surface area (Å²) in [5.41, 5.74) is 0. The molecule has 2 aliphatic rings. The Labute approximate surface area is 163 Å². The van der Waals surface area contributed by atoms with Crippen molar-refractivity contribution in [3.8, 4) is 0 Å². The number of hydrogen-bond acceptors (Lipinski definition) is 2. The summed E-state index contributed by atoms with van der Waals surface area (Å²) in [5, 5.41) is 0. The summed E-state index contributed by atoms with van der Waals surface area (Å²) in [6, 6.07) is 0. The maximum atomic E-state index is 6.36. The fourth-order valence-corrected chi connectivity index (χ4v) is 4.45. The lowest BCUT2D eigenvalue weighted by Crippen LogP contribution is -2.23. The second-order valence-electron chi connectivity index (χ2n) is 8.50. The van der Waals surface area contributed by atoms with Crippen molar-refractivity contribution >= 4 is 0 Å². The molecule has 2 aliphatic carbocycles. The molecule has 2 saturated carbocycles. The lowest BCUT2D eigenvalue weighted by atomic mass is 9.98. The van der Waals surface area contributed by atoms with E-state index in [1.165, 1.54) is 89.9 Å². The van der Waals surface area contributed by atoms with Crippen molar-refractivity contribution in [2.24, 2.45) is 0 Å². The van der Waals surface area contributed by atoms with Gasteiger partial charge in [0.2, 0.25) is 0 Å². The Morgan fingerprint density at radius 1 is 0.769 bits per heavy atom. The first-order valence-corrected chi connectivity index (χ1v) is 11.5. The first-order chi connectivity index (χ1) is 12.8. The Balaban J connectivity index is 1.61. The molecular formula is C24H43O2. The van der Waals surface area contributed by atoms with Crippen molar-refractivity contribution in [3.05, 3.63) is 19.1 Å². The molecule has 2 heteroatoms. The van der Waals surface area contributed by atoms with Gasteiger partial charge in [0.15, 0.2) is 0 Å². The van der Waals surface area contributed by atoms with E-state index in [2.05, 4.69) is 19.9 Å². The van der Waals surface area contributed by atoms with Crippen LogP contribution in [0.2, 0.25) is 0 Å². The molecule has 2 nitrogen and oxygen atoms in total. The van der Waals surface area contributed by atoms with Crippen LogP contribution in [0.5, 0.6) is 0 Å². The third-order valence-electron chi connectivity index (χ3n) is 6.09. The highest BCUT2D eigenvalue weighted by Crippen LogP contribution is 2.24. The van der Waals surface area contributed by atoms with E-state index in [4.69, 9.17) is 9.47 Å². The average Bonchev–Trinajstić information content (AvgIpc) is 2.58. The number of ether oxygens (including phenoxy) is 2. The predicted molar refractivity (Wildman–Crippen MR) is 111 cm³/mol. The minimum absolute atomic E-state index is 0.198. The zero-order valence-corrected chi connectivity index (χ0v) is 17.3. The van der Waals surface area contributed by atoms with Gasteiger partial charge >= 0.3 is 0 Å². The molecule has 26 heavy (non-hydrogen) atoms. The standard InChI is InChI=1S/C24H43O2/c1-3-22(26-24-18-12-8-5-9-13-19-24)20-14-15-21(2)25-23-16-10-6-4-7-11-17-23/h3,15,21-24H,1,4-14,16-20H2,2H3/t21-,22?/m1/s1. The summed E-state index contributed by atoms with van der Waals surface area (Å²) in [5.74, 6) is 0. The predicted octanol–water partition coefficient (Wildman–Crippen LogP) is 7.17. The molecule has 2 atom stereocenters. The molecule has 0 heterocycles. The van der Waals surface area contributed by atoms with Crippen LogP contribution in [0.3, 0.4) is 0 Å². The van der Waals surface area contributed by atoms with Gasteiger partial charge in [-0.1, -0.05) is 70.3 Å². The van der Waals surface area contributed by atoms with Crippen LogP contribution in [0.15, 0.2) is 12.7 Å². The van der Waals surface area contributed by atoms with Crippen molar-refractivity contribution < 1.29 is 9.47 Å². The van der Waals surface area contributed by atoms with Crippen LogP contribution in [0.1, 0.15) is 110 Å².